The molecular weight excluding hydrogens is 238 g/mol. The lowest BCUT2D eigenvalue weighted by molar-refractivity contribution is 0.318. The van der Waals surface area contributed by atoms with Gasteiger partial charge in [0.2, 0.25) is 0 Å². The van der Waals surface area contributed by atoms with Gasteiger partial charge in [-0.1, -0.05) is 16.8 Å². The fourth-order valence-electron chi connectivity index (χ4n) is 2.17. The highest BCUT2D eigenvalue weighted by molar-refractivity contribution is 6.31. The normalized spacial score (nSPS) is 17.2. The maximum Gasteiger partial charge on any atom is 0.172 e. The van der Waals surface area contributed by atoms with Crippen molar-refractivity contribution in [2.45, 2.75) is 19.3 Å². The van der Waals surface area contributed by atoms with Crippen molar-refractivity contribution in [3.8, 4) is 0 Å². The van der Waals surface area contributed by atoms with E-state index in [-0.39, 0.29) is 5.84 Å². The second-order valence-electron chi connectivity index (χ2n) is 4.19. The minimum Gasteiger partial charge on any atom is -0.409 e. The van der Waals surface area contributed by atoms with Crippen LogP contribution in [0.1, 0.15) is 24.8 Å². The molecule has 0 spiro atoms. The van der Waals surface area contributed by atoms with E-state index in [1.54, 1.807) is 12.1 Å². The predicted octanol–water partition coefficient (Wildman–Crippen LogP) is 2.42. The number of benzene rings is 1. The Labute approximate surface area is 106 Å². The van der Waals surface area contributed by atoms with Crippen molar-refractivity contribution >= 4 is 23.1 Å². The van der Waals surface area contributed by atoms with Gasteiger partial charge in [0.25, 0.3) is 0 Å². The van der Waals surface area contributed by atoms with Crippen LogP contribution in [0.25, 0.3) is 0 Å². The highest BCUT2D eigenvalue weighted by Gasteiger charge is 2.16. The summed E-state index contributed by atoms with van der Waals surface area (Å²) in [5.74, 6) is 0.127. The van der Waals surface area contributed by atoms with Crippen molar-refractivity contribution in [2.24, 2.45) is 10.9 Å². The maximum absolute atomic E-state index is 8.79. The van der Waals surface area contributed by atoms with E-state index in [2.05, 4.69) is 10.1 Å². The van der Waals surface area contributed by atoms with E-state index in [4.69, 9.17) is 22.5 Å². The highest BCUT2D eigenvalue weighted by atomic mass is 35.5. The molecule has 1 aliphatic heterocycles. The van der Waals surface area contributed by atoms with Gasteiger partial charge in [0.15, 0.2) is 5.84 Å². The lowest BCUT2D eigenvalue weighted by Crippen LogP contribution is -2.31. The first-order valence-corrected chi connectivity index (χ1v) is 6.12. The molecule has 0 amide bonds. The van der Waals surface area contributed by atoms with Gasteiger partial charge in [-0.3, -0.25) is 0 Å². The second kappa shape index (κ2) is 5.27. The molecule has 3 N–H and O–H groups in total. The van der Waals surface area contributed by atoms with Gasteiger partial charge in [-0.25, -0.2) is 0 Å². The monoisotopic (exact) mass is 253 g/mol. The predicted molar refractivity (Wildman–Crippen MR) is 70.0 cm³/mol. The fourth-order valence-corrected chi connectivity index (χ4v) is 2.34. The average Bonchev–Trinajstić information content (AvgIpc) is 2.39. The minimum absolute atomic E-state index is 0.127. The van der Waals surface area contributed by atoms with Crippen LogP contribution in [0.5, 0.6) is 0 Å². The van der Waals surface area contributed by atoms with E-state index in [9.17, 15) is 0 Å². The van der Waals surface area contributed by atoms with Crippen molar-refractivity contribution in [2.75, 3.05) is 18.0 Å². The molecule has 0 aliphatic carbocycles. The van der Waals surface area contributed by atoms with Gasteiger partial charge in [0, 0.05) is 29.4 Å². The fraction of sp³-hybridized carbons (Fsp3) is 0.417. The third kappa shape index (κ3) is 2.64. The Balaban J connectivity index is 2.38. The lowest BCUT2D eigenvalue weighted by Gasteiger charge is -2.30. The number of oxime groups is 1. The van der Waals surface area contributed by atoms with Gasteiger partial charge in [-0.15, -0.1) is 0 Å². The van der Waals surface area contributed by atoms with E-state index in [1.807, 2.05) is 6.07 Å². The quantitative estimate of drug-likeness (QED) is 0.368. The van der Waals surface area contributed by atoms with Crippen molar-refractivity contribution < 1.29 is 5.21 Å². The number of nitrogens with zero attached hydrogens (tertiary/aromatic N) is 2. The molecule has 0 bridgehead atoms. The van der Waals surface area contributed by atoms with Gasteiger partial charge in [-0.2, -0.15) is 0 Å². The van der Waals surface area contributed by atoms with E-state index in [0.29, 0.717) is 5.02 Å². The molecule has 5 heteroatoms. The van der Waals surface area contributed by atoms with E-state index in [1.165, 1.54) is 19.3 Å². The first-order valence-electron chi connectivity index (χ1n) is 5.75. The zero-order valence-corrected chi connectivity index (χ0v) is 10.3. The molecule has 17 heavy (non-hydrogen) atoms. The summed E-state index contributed by atoms with van der Waals surface area (Å²) < 4.78 is 0. The number of anilines is 1. The third-order valence-corrected chi connectivity index (χ3v) is 3.28. The number of piperidine rings is 1. The van der Waals surface area contributed by atoms with Crippen molar-refractivity contribution in [1.82, 2.24) is 0 Å². The van der Waals surface area contributed by atoms with E-state index < -0.39 is 0 Å². The van der Waals surface area contributed by atoms with Crippen molar-refractivity contribution in [3.63, 3.8) is 0 Å². The molecule has 0 atom stereocenters. The number of hydrogen-bond donors (Lipinski definition) is 2. The summed E-state index contributed by atoms with van der Waals surface area (Å²) in [4.78, 5) is 2.24. The summed E-state index contributed by atoms with van der Waals surface area (Å²) in [7, 11) is 0. The van der Waals surface area contributed by atoms with Crippen LogP contribution in [0.15, 0.2) is 23.4 Å². The molecule has 4 nitrogen and oxygen atoms in total. The molecule has 1 aliphatic rings. The summed E-state index contributed by atoms with van der Waals surface area (Å²) in [6.45, 7) is 1.98. The van der Waals surface area contributed by atoms with Gasteiger partial charge in [0.05, 0.1) is 0 Å². The van der Waals surface area contributed by atoms with Crippen LogP contribution in [-0.4, -0.2) is 24.1 Å². The first-order chi connectivity index (χ1) is 8.22. The van der Waals surface area contributed by atoms with Crippen LogP contribution >= 0.6 is 11.6 Å². The lowest BCUT2D eigenvalue weighted by atomic mass is 10.1. The van der Waals surface area contributed by atoms with Crippen LogP contribution in [0.3, 0.4) is 0 Å². The molecule has 0 aromatic heterocycles. The Morgan fingerprint density at radius 2 is 2.00 bits per heavy atom. The van der Waals surface area contributed by atoms with E-state index >= 15 is 0 Å². The summed E-state index contributed by atoms with van der Waals surface area (Å²) >= 11 is 6.01. The molecule has 1 aromatic rings. The smallest absolute Gasteiger partial charge is 0.172 e. The minimum atomic E-state index is 0.127. The number of halogens is 1. The molecule has 1 saturated heterocycles. The molecule has 0 radical (unpaired) electrons. The van der Waals surface area contributed by atoms with Gasteiger partial charge in [-0.05, 0) is 37.5 Å². The number of amidine groups is 1. The van der Waals surface area contributed by atoms with Crippen molar-refractivity contribution in [3.05, 3.63) is 28.8 Å². The summed E-state index contributed by atoms with van der Waals surface area (Å²) in [5.41, 5.74) is 7.37. The molecule has 1 fully saturated rings. The second-order valence-corrected chi connectivity index (χ2v) is 4.63. The third-order valence-electron chi connectivity index (χ3n) is 3.04. The Morgan fingerprint density at radius 1 is 1.29 bits per heavy atom. The molecule has 1 aromatic carbocycles. The Kier molecular flexibility index (Phi) is 3.74. The Morgan fingerprint density at radius 3 is 2.65 bits per heavy atom. The van der Waals surface area contributed by atoms with Crippen LogP contribution in [-0.2, 0) is 0 Å². The molecule has 92 valence electrons. The van der Waals surface area contributed by atoms with Crippen LogP contribution in [0.4, 0.5) is 5.69 Å². The average molecular weight is 254 g/mol. The Bertz CT molecular complexity index is 428. The number of hydrogen-bond acceptors (Lipinski definition) is 3. The number of rotatable bonds is 2. The first kappa shape index (κ1) is 12.0. The molecule has 0 saturated carbocycles. The molecule has 1 heterocycles. The van der Waals surface area contributed by atoms with Crippen LogP contribution < -0.4 is 10.6 Å². The standard InChI is InChI=1S/C12H16ClN3O/c13-9-4-5-10(12(14)15-17)11(8-9)16-6-2-1-3-7-16/h4-5,8,17H,1-3,6-7H2,(H2,14,15). The zero-order chi connectivity index (χ0) is 12.3. The molecule has 2 rings (SSSR count). The topological polar surface area (TPSA) is 61.9 Å². The largest absolute Gasteiger partial charge is 0.409 e. The Hall–Kier alpha value is -1.42. The van der Waals surface area contributed by atoms with Gasteiger partial charge in [0.1, 0.15) is 0 Å². The molecular formula is C12H16ClN3O. The van der Waals surface area contributed by atoms with Gasteiger partial charge < -0.3 is 15.8 Å². The maximum atomic E-state index is 8.79. The molecule has 0 unspecified atom stereocenters. The van der Waals surface area contributed by atoms with Crippen molar-refractivity contribution in [1.29, 1.82) is 0 Å². The zero-order valence-electron chi connectivity index (χ0n) is 9.56. The van der Waals surface area contributed by atoms with Gasteiger partial charge >= 0.3 is 0 Å². The van der Waals surface area contributed by atoms with E-state index in [0.717, 1.165) is 24.3 Å². The highest BCUT2D eigenvalue weighted by Crippen LogP contribution is 2.27. The summed E-state index contributed by atoms with van der Waals surface area (Å²) in [5, 5.41) is 12.5. The number of nitrogens with two attached hydrogens (primary N) is 1. The van der Waals surface area contributed by atoms with Crippen LogP contribution in [0, 0.1) is 0 Å². The SMILES string of the molecule is NC(=NO)c1ccc(Cl)cc1N1CCCCC1. The van der Waals surface area contributed by atoms with Crippen LogP contribution in [0.2, 0.25) is 5.02 Å². The summed E-state index contributed by atoms with van der Waals surface area (Å²) in [6.07, 6.45) is 3.60. The summed E-state index contributed by atoms with van der Waals surface area (Å²) in [6, 6.07) is 5.42.